The van der Waals surface area contributed by atoms with E-state index in [4.69, 9.17) is 9.98 Å². The summed E-state index contributed by atoms with van der Waals surface area (Å²) in [6.07, 6.45) is 5.54. The quantitative estimate of drug-likeness (QED) is 0.469. The number of aryl methyl sites for hydroxylation is 1. The van der Waals surface area contributed by atoms with E-state index in [0.717, 1.165) is 50.7 Å². The molecule has 0 spiro atoms. The SMILES string of the molecule is CC(=Nc1c(C)c(C)c(N=Cc2ccccn2)c(C)c1C)c1ncc(C)c(C)c1C. The first-order chi connectivity index (χ1) is 14.2. The highest BCUT2D eigenvalue weighted by Crippen LogP contribution is 2.38. The highest BCUT2D eigenvalue weighted by Gasteiger charge is 2.15. The lowest BCUT2D eigenvalue weighted by atomic mass is 9.96. The number of aromatic nitrogens is 2. The van der Waals surface area contributed by atoms with Gasteiger partial charge < -0.3 is 0 Å². The Hall–Kier alpha value is -3.14. The molecule has 2 aromatic heterocycles. The Labute approximate surface area is 179 Å². The van der Waals surface area contributed by atoms with Gasteiger partial charge in [0.2, 0.25) is 0 Å². The van der Waals surface area contributed by atoms with Crippen LogP contribution in [-0.2, 0) is 0 Å². The van der Waals surface area contributed by atoms with E-state index in [1.54, 1.807) is 6.20 Å². The zero-order chi connectivity index (χ0) is 22.0. The van der Waals surface area contributed by atoms with Gasteiger partial charge in [0, 0.05) is 12.4 Å². The second-order valence-electron chi connectivity index (χ2n) is 7.95. The van der Waals surface area contributed by atoms with E-state index >= 15 is 0 Å². The van der Waals surface area contributed by atoms with E-state index in [9.17, 15) is 0 Å². The molecule has 0 aliphatic rings. The first-order valence-corrected chi connectivity index (χ1v) is 10.3. The fraction of sp³-hybridized carbons (Fsp3) is 0.308. The van der Waals surface area contributed by atoms with Crippen LogP contribution in [0.2, 0.25) is 0 Å². The number of benzene rings is 1. The molecule has 0 saturated carbocycles. The minimum absolute atomic E-state index is 0.848. The van der Waals surface area contributed by atoms with Crippen LogP contribution in [0.4, 0.5) is 11.4 Å². The van der Waals surface area contributed by atoms with Crippen LogP contribution in [0.1, 0.15) is 57.3 Å². The van der Waals surface area contributed by atoms with Crippen molar-refractivity contribution in [3.05, 3.63) is 80.9 Å². The highest BCUT2D eigenvalue weighted by atomic mass is 14.8. The van der Waals surface area contributed by atoms with E-state index < -0.39 is 0 Å². The van der Waals surface area contributed by atoms with E-state index in [-0.39, 0.29) is 0 Å². The van der Waals surface area contributed by atoms with Crippen LogP contribution in [0.5, 0.6) is 0 Å². The molecule has 0 atom stereocenters. The van der Waals surface area contributed by atoms with Crippen LogP contribution in [0.15, 0.2) is 40.6 Å². The average Bonchev–Trinajstić information content (AvgIpc) is 2.74. The van der Waals surface area contributed by atoms with Crippen LogP contribution in [-0.4, -0.2) is 21.9 Å². The summed E-state index contributed by atoms with van der Waals surface area (Å²) in [6, 6.07) is 5.83. The number of hydrogen-bond acceptors (Lipinski definition) is 4. The molecule has 0 aliphatic heterocycles. The van der Waals surface area contributed by atoms with Gasteiger partial charge in [-0.1, -0.05) is 6.07 Å². The molecule has 4 nitrogen and oxygen atoms in total. The van der Waals surface area contributed by atoms with Gasteiger partial charge in [-0.05, 0) is 106 Å². The van der Waals surface area contributed by atoms with Crippen LogP contribution in [0.25, 0.3) is 0 Å². The Balaban J connectivity index is 2.08. The van der Waals surface area contributed by atoms with Gasteiger partial charge in [-0.15, -0.1) is 0 Å². The monoisotopic (exact) mass is 398 g/mol. The maximum absolute atomic E-state index is 5.03. The zero-order valence-electron chi connectivity index (χ0n) is 19.3. The lowest BCUT2D eigenvalue weighted by molar-refractivity contribution is 1.13. The highest BCUT2D eigenvalue weighted by molar-refractivity contribution is 6.00. The van der Waals surface area contributed by atoms with Gasteiger partial charge in [-0.2, -0.15) is 0 Å². The normalized spacial score (nSPS) is 12.1. The number of hydrogen-bond donors (Lipinski definition) is 0. The Morgan fingerprint density at radius 1 is 0.767 bits per heavy atom. The summed E-state index contributed by atoms with van der Waals surface area (Å²) in [6.45, 7) is 16.9. The first kappa shape index (κ1) is 21.6. The molecule has 0 saturated heterocycles. The summed E-state index contributed by atoms with van der Waals surface area (Å²) in [4.78, 5) is 18.8. The number of rotatable bonds is 4. The van der Waals surface area contributed by atoms with Gasteiger partial charge in [0.15, 0.2) is 0 Å². The van der Waals surface area contributed by atoms with Crippen molar-refractivity contribution in [3.8, 4) is 0 Å². The van der Waals surface area contributed by atoms with E-state index in [1.165, 1.54) is 16.7 Å². The van der Waals surface area contributed by atoms with Crippen LogP contribution >= 0.6 is 0 Å². The van der Waals surface area contributed by atoms with Crippen molar-refractivity contribution >= 4 is 23.3 Å². The van der Waals surface area contributed by atoms with Gasteiger partial charge in [-0.3, -0.25) is 20.0 Å². The maximum Gasteiger partial charge on any atom is 0.0873 e. The third kappa shape index (κ3) is 4.09. The molecule has 154 valence electrons. The summed E-state index contributed by atoms with van der Waals surface area (Å²) in [5, 5.41) is 0. The standard InChI is InChI=1S/C26H30N4/c1-15-13-28-26(17(3)16(15)2)22(8)30-25-20(6)18(4)24(19(5)21(25)7)29-14-23-11-9-10-12-27-23/h9-14H,1-8H3. The summed E-state index contributed by atoms with van der Waals surface area (Å²) >= 11 is 0. The lowest BCUT2D eigenvalue weighted by Gasteiger charge is -2.17. The Morgan fingerprint density at radius 2 is 1.40 bits per heavy atom. The van der Waals surface area contributed by atoms with Gasteiger partial charge >= 0.3 is 0 Å². The number of nitrogens with zero attached hydrogens (tertiary/aromatic N) is 4. The molecule has 30 heavy (non-hydrogen) atoms. The summed E-state index contributed by atoms with van der Waals surface area (Å²) < 4.78 is 0. The molecule has 1 aromatic carbocycles. The Bertz CT molecular complexity index is 1130. The van der Waals surface area contributed by atoms with Crippen molar-refractivity contribution in [2.75, 3.05) is 0 Å². The topological polar surface area (TPSA) is 50.5 Å². The summed E-state index contributed by atoms with van der Waals surface area (Å²) in [7, 11) is 0. The first-order valence-electron chi connectivity index (χ1n) is 10.3. The molecule has 4 heteroatoms. The average molecular weight is 399 g/mol. The predicted molar refractivity (Wildman–Crippen MR) is 127 cm³/mol. The number of aliphatic imine (C=N–C) groups is 2. The Kier molecular flexibility index (Phi) is 6.25. The van der Waals surface area contributed by atoms with Gasteiger partial charge in [0.25, 0.3) is 0 Å². The fourth-order valence-corrected chi connectivity index (χ4v) is 3.63. The second-order valence-corrected chi connectivity index (χ2v) is 7.95. The smallest absolute Gasteiger partial charge is 0.0873 e. The predicted octanol–water partition coefficient (Wildman–Crippen LogP) is 6.53. The third-order valence-electron chi connectivity index (χ3n) is 6.08. The van der Waals surface area contributed by atoms with E-state index in [0.29, 0.717) is 0 Å². The van der Waals surface area contributed by atoms with E-state index in [2.05, 4.69) is 58.4 Å². The molecule has 0 aliphatic carbocycles. The minimum Gasteiger partial charge on any atom is -0.255 e. The van der Waals surface area contributed by atoms with Crippen molar-refractivity contribution in [1.29, 1.82) is 0 Å². The molecule has 0 N–H and O–H groups in total. The molecule has 0 bridgehead atoms. The zero-order valence-corrected chi connectivity index (χ0v) is 19.3. The van der Waals surface area contributed by atoms with Crippen LogP contribution in [0, 0.1) is 48.5 Å². The van der Waals surface area contributed by atoms with Crippen molar-refractivity contribution in [2.24, 2.45) is 9.98 Å². The molecular formula is C26H30N4. The molecule has 0 amide bonds. The van der Waals surface area contributed by atoms with Crippen molar-refractivity contribution in [2.45, 2.75) is 55.4 Å². The molecule has 0 fully saturated rings. The second kappa shape index (κ2) is 8.70. The Morgan fingerprint density at radius 3 is 2.00 bits per heavy atom. The maximum atomic E-state index is 5.03. The van der Waals surface area contributed by atoms with Crippen molar-refractivity contribution < 1.29 is 0 Å². The molecule has 3 rings (SSSR count). The largest absolute Gasteiger partial charge is 0.255 e. The molecule has 3 aromatic rings. The van der Waals surface area contributed by atoms with Gasteiger partial charge in [-0.25, -0.2) is 0 Å². The summed E-state index contributed by atoms with van der Waals surface area (Å²) in [5.74, 6) is 0. The van der Waals surface area contributed by atoms with Crippen molar-refractivity contribution in [1.82, 2.24) is 9.97 Å². The molecule has 2 heterocycles. The van der Waals surface area contributed by atoms with Gasteiger partial charge in [0.05, 0.1) is 34.7 Å². The minimum atomic E-state index is 0.848. The summed E-state index contributed by atoms with van der Waals surface area (Å²) in [5.41, 5.74) is 13.0. The lowest BCUT2D eigenvalue weighted by Crippen LogP contribution is -2.05. The third-order valence-corrected chi connectivity index (χ3v) is 6.08. The molecular weight excluding hydrogens is 368 g/mol. The van der Waals surface area contributed by atoms with Gasteiger partial charge in [0.1, 0.15) is 0 Å². The van der Waals surface area contributed by atoms with Crippen molar-refractivity contribution in [3.63, 3.8) is 0 Å². The number of pyridine rings is 2. The van der Waals surface area contributed by atoms with E-state index in [1.807, 2.05) is 37.5 Å². The van der Waals surface area contributed by atoms with Crippen LogP contribution < -0.4 is 0 Å². The molecule has 0 unspecified atom stereocenters. The fourth-order valence-electron chi connectivity index (χ4n) is 3.63. The molecule has 0 radical (unpaired) electrons. The van der Waals surface area contributed by atoms with Crippen LogP contribution in [0.3, 0.4) is 0 Å².